The Morgan fingerprint density at radius 1 is 1.42 bits per heavy atom. The summed E-state index contributed by atoms with van der Waals surface area (Å²) >= 11 is 0. The molecule has 0 bridgehead atoms. The van der Waals surface area contributed by atoms with Gasteiger partial charge in [-0.1, -0.05) is 0 Å². The van der Waals surface area contributed by atoms with Crippen molar-refractivity contribution in [3.63, 3.8) is 0 Å². The van der Waals surface area contributed by atoms with Crippen LogP contribution < -0.4 is 5.73 Å². The molecule has 0 amide bonds. The first-order valence-electron chi connectivity index (χ1n) is 4.17. The third kappa shape index (κ3) is 3.69. The molecule has 0 rings (SSSR count). The van der Waals surface area contributed by atoms with Crippen molar-refractivity contribution < 1.29 is 14.3 Å². The van der Waals surface area contributed by atoms with E-state index in [1.165, 1.54) is 0 Å². The summed E-state index contributed by atoms with van der Waals surface area (Å²) in [5.74, 6) is -0.404. The molecule has 12 heavy (non-hydrogen) atoms. The van der Waals surface area contributed by atoms with E-state index in [9.17, 15) is 4.79 Å². The molecule has 4 heteroatoms. The molecule has 0 aromatic heterocycles. The predicted molar refractivity (Wildman–Crippen MR) is 45.7 cm³/mol. The fraction of sp³-hybridized carbons (Fsp3) is 0.875. The number of carbonyl (C=O) groups excluding carboxylic acids is 1. The topological polar surface area (TPSA) is 61.5 Å². The van der Waals surface area contributed by atoms with Crippen LogP contribution in [0.2, 0.25) is 0 Å². The Morgan fingerprint density at radius 3 is 2.42 bits per heavy atom. The lowest BCUT2D eigenvalue weighted by Gasteiger charge is -2.17. The van der Waals surface area contributed by atoms with Crippen LogP contribution >= 0.6 is 0 Å². The van der Waals surface area contributed by atoms with Gasteiger partial charge in [0, 0.05) is 6.61 Å². The van der Waals surface area contributed by atoms with Crippen LogP contribution in [0.4, 0.5) is 0 Å². The van der Waals surface area contributed by atoms with E-state index in [1.54, 1.807) is 13.8 Å². The molecule has 0 aliphatic carbocycles. The van der Waals surface area contributed by atoms with Gasteiger partial charge in [-0.3, -0.25) is 4.79 Å². The summed E-state index contributed by atoms with van der Waals surface area (Å²) in [5.41, 5.74) is 5.53. The highest BCUT2D eigenvalue weighted by atomic mass is 16.5. The molecule has 0 saturated heterocycles. The standard InChI is InChI=1S/C8H17NO3/c1-4-11-6(3)7(9)8(10)12-5-2/h6-7H,4-5,9H2,1-3H3. The summed E-state index contributed by atoms with van der Waals surface area (Å²) in [6.07, 6.45) is -0.283. The monoisotopic (exact) mass is 175 g/mol. The van der Waals surface area contributed by atoms with E-state index in [4.69, 9.17) is 15.2 Å². The highest BCUT2D eigenvalue weighted by Crippen LogP contribution is 1.98. The Labute approximate surface area is 73.0 Å². The lowest BCUT2D eigenvalue weighted by Crippen LogP contribution is -2.42. The molecule has 0 aliphatic rings. The summed E-state index contributed by atoms with van der Waals surface area (Å²) < 4.78 is 9.87. The summed E-state index contributed by atoms with van der Waals surface area (Å²) in [6.45, 7) is 6.26. The molecule has 0 fully saturated rings. The van der Waals surface area contributed by atoms with Gasteiger partial charge >= 0.3 is 5.97 Å². The first kappa shape index (κ1) is 11.4. The highest BCUT2D eigenvalue weighted by molar-refractivity contribution is 5.76. The summed E-state index contributed by atoms with van der Waals surface area (Å²) in [4.78, 5) is 11.0. The van der Waals surface area contributed by atoms with Crippen LogP contribution in [0.1, 0.15) is 20.8 Å². The number of nitrogens with two attached hydrogens (primary N) is 1. The quantitative estimate of drug-likeness (QED) is 0.610. The van der Waals surface area contributed by atoms with Gasteiger partial charge in [-0.2, -0.15) is 0 Å². The maximum absolute atomic E-state index is 11.0. The van der Waals surface area contributed by atoms with E-state index >= 15 is 0 Å². The molecule has 0 heterocycles. The van der Waals surface area contributed by atoms with Gasteiger partial charge in [0.05, 0.1) is 12.7 Å². The fourth-order valence-corrected chi connectivity index (χ4v) is 0.797. The van der Waals surface area contributed by atoms with Gasteiger partial charge < -0.3 is 15.2 Å². The first-order valence-corrected chi connectivity index (χ1v) is 4.17. The summed E-state index contributed by atoms with van der Waals surface area (Å²) in [6, 6.07) is -0.676. The van der Waals surface area contributed by atoms with Crippen molar-refractivity contribution in [1.29, 1.82) is 0 Å². The SMILES string of the molecule is CCOC(=O)C(N)C(C)OCC. The third-order valence-corrected chi connectivity index (χ3v) is 1.49. The van der Waals surface area contributed by atoms with E-state index in [1.807, 2.05) is 6.92 Å². The average molecular weight is 175 g/mol. The molecule has 2 atom stereocenters. The van der Waals surface area contributed by atoms with Crippen molar-refractivity contribution in [3.8, 4) is 0 Å². The zero-order valence-corrected chi connectivity index (χ0v) is 7.87. The van der Waals surface area contributed by atoms with Crippen molar-refractivity contribution >= 4 is 5.97 Å². The van der Waals surface area contributed by atoms with Crippen molar-refractivity contribution in [1.82, 2.24) is 0 Å². The van der Waals surface area contributed by atoms with E-state index in [2.05, 4.69) is 0 Å². The van der Waals surface area contributed by atoms with Crippen molar-refractivity contribution in [2.24, 2.45) is 5.73 Å². The Morgan fingerprint density at radius 2 is 2.00 bits per heavy atom. The van der Waals surface area contributed by atoms with Crippen LogP contribution in [0.25, 0.3) is 0 Å². The lowest BCUT2D eigenvalue weighted by atomic mass is 10.2. The third-order valence-electron chi connectivity index (χ3n) is 1.49. The minimum absolute atomic E-state index is 0.283. The number of rotatable bonds is 5. The number of carbonyl (C=O) groups is 1. The number of esters is 1. The Balaban J connectivity index is 3.82. The molecular formula is C8H17NO3. The van der Waals surface area contributed by atoms with Gasteiger partial charge in [0.1, 0.15) is 6.04 Å². The Bertz CT molecular complexity index is 138. The van der Waals surface area contributed by atoms with Crippen molar-refractivity contribution in [2.75, 3.05) is 13.2 Å². The maximum atomic E-state index is 11.0. The molecule has 4 nitrogen and oxygen atoms in total. The van der Waals surface area contributed by atoms with Crippen LogP contribution in [-0.4, -0.2) is 31.3 Å². The van der Waals surface area contributed by atoms with Crippen LogP contribution in [0.3, 0.4) is 0 Å². The van der Waals surface area contributed by atoms with Crippen molar-refractivity contribution in [2.45, 2.75) is 32.9 Å². The largest absolute Gasteiger partial charge is 0.465 e. The molecule has 2 unspecified atom stereocenters. The second-order valence-corrected chi connectivity index (χ2v) is 2.44. The van der Waals surface area contributed by atoms with Gasteiger partial charge in [0.15, 0.2) is 0 Å². The van der Waals surface area contributed by atoms with Crippen LogP contribution in [0.15, 0.2) is 0 Å². The van der Waals surface area contributed by atoms with Gasteiger partial charge in [-0.25, -0.2) is 0 Å². The molecule has 0 radical (unpaired) electrons. The molecule has 0 spiro atoms. The Hall–Kier alpha value is -0.610. The minimum atomic E-state index is -0.676. The zero-order valence-electron chi connectivity index (χ0n) is 7.87. The lowest BCUT2D eigenvalue weighted by molar-refractivity contribution is -0.148. The van der Waals surface area contributed by atoms with E-state index in [0.717, 1.165) is 0 Å². The van der Waals surface area contributed by atoms with E-state index in [-0.39, 0.29) is 6.10 Å². The van der Waals surface area contributed by atoms with Gasteiger partial charge in [0.25, 0.3) is 0 Å². The normalized spacial score (nSPS) is 15.3. The van der Waals surface area contributed by atoms with Crippen LogP contribution in [-0.2, 0) is 14.3 Å². The second-order valence-electron chi connectivity index (χ2n) is 2.44. The maximum Gasteiger partial charge on any atom is 0.325 e. The summed E-state index contributed by atoms with van der Waals surface area (Å²) in [7, 11) is 0. The molecular weight excluding hydrogens is 158 g/mol. The zero-order chi connectivity index (χ0) is 9.56. The fourth-order valence-electron chi connectivity index (χ4n) is 0.797. The van der Waals surface area contributed by atoms with E-state index < -0.39 is 12.0 Å². The molecule has 72 valence electrons. The number of ether oxygens (including phenoxy) is 2. The van der Waals surface area contributed by atoms with Gasteiger partial charge in [-0.15, -0.1) is 0 Å². The molecule has 0 aromatic carbocycles. The van der Waals surface area contributed by atoms with Crippen LogP contribution in [0.5, 0.6) is 0 Å². The molecule has 2 N–H and O–H groups in total. The van der Waals surface area contributed by atoms with Gasteiger partial charge in [0.2, 0.25) is 0 Å². The second kappa shape index (κ2) is 5.97. The van der Waals surface area contributed by atoms with Crippen molar-refractivity contribution in [3.05, 3.63) is 0 Å². The summed E-state index contributed by atoms with van der Waals surface area (Å²) in [5, 5.41) is 0. The smallest absolute Gasteiger partial charge is 0.325 e. The highest BCUT2D eigenvalue weighted by Gasteiger charge is 2.21. The van der Waals surface area contributed by atoms with Gasteiger partial charge in [-0.05, 0) is 20.8 Å². The minimum Gasteiger partial charge on any atom is -0.465 e. The van der Waals surface area contributed by atoms with E-state index in [0.29, 0.717) is 13.2 Å². The predicted octanol–water partition coefficient (Wildman–Crippen LogP) is 0.302. The number of hydrogen-bond acceptors (Lipinski definition) is 4. The Kier molecular flexibility index (Phi) is 5.66. The van der Waals surface area contributed by atoms with Crippen LogP contribution in [0, 0.1) is 0 Å². The number of hydrogen-bond donors (Lipinski definition) is 1. The molecule has 0 saturated carbocycles. The average Bonchev–Trinajstić information content (AvgIpc) is 2.04. The first-order chi connectivity index (χ1) is 5.63. The molecule has 0 aliphatic heterocycles. The molecule has 0 aromatic rings.